The lowest BCUT2D eigenvalue weighted by molar-refractivity contribution is -0.384. The second-order valence-electron chi connectivity index (χ2n) is 7.59. The number of nitrogens with zero attached hydrogens (tertiary/aromatic N) is 4. The van der Waals surface area contributed by atoms with Crippen LogP contribution in [0.5, 0.6) is 0 Å². The fourth-order valence-electron chi connectivity index (χ4n) is 3.82. The monoisotopic (exact) mass is 509 g/mol. The molecule has 0 saturated carbocycles. The number of benzene rings is 2. The zero-order valence-corrected chi connectivity index (χ0v) is 19.8. The Labute approximate surface area is 201 Å². The average molecular weight is 510 g/mol. The van der Waals surface area contributed by atoms with Crippen molar-refractivity contribution in [2.75, 3.05) is 44.2 Å². The van der Waals surface area contributed by atoms with E-state index in [-0.39, 0.29) is 16.5 Å². The Morgan fingerprint density at radius 2 is 1.82 bits per heavy atom. The van der Waals surface area contributed by atoms with Gasteiger partial charge in [-0.2, -0.15) is 0 Å². The van der Waals surface area contributed by atoms with Crippen LogP contribution in [0, 0.1) is 10.1 Å². The van der Waals surface area contributed by atoms with Crippen molar-refractivity contribution in [1.82, 2.24) is 14.6 Å². The van der Waals surface area contributed by atoms with Gasteiger partial charge in [0.1, 0.15) is 5.02 Å². The number of anilines is 1. The highest BCUT2D eigenvalue weighted by molar-refractivity contribution is 7.89. The van der Waals surface area contributed by atoms with Gasteiger partial charge in [-0.25, -0.2) is 13.1 Å². The van der Waals surface area contributed by atoms with Crippen molar-refractivity contribution in [3.63, 3.8) is 0 Å². The summed E-state index contributed by atoms with van der Waals surface area (Å²) in [6.45, 7) is 3.83. The summed E-state index contributed by atoms with van der Waals surface area (Å²) < 4.78 is 27.6. The van der Waals surface area contributed by atoms with Gasteiger partial charge >= 0.3 is 0 Å². The molecule has 2 heterocycles. The lowest BCUT2D eigenvalue weighted by Crippen LogP contribution is -2.48. The maximum absolute atomic E-state index is 12.5. The first-order valence-electron chi connectivity index (χ1n) is 10.2. The van der Waals surface area contributed by atoms with Gasteiger partial charge in [0, 0.05) is 67.6 Å². The van der Waals surface area contributed by atoms with Crippen LogP contribution in [0.4, 0.5) is 11.4 Å². The second-order valence-corrected chi connectivity index (χ2v) is 10.2. The molecule has 0 radical (unpaired) electrons. The minimum absolute atomic E-state index is 0.109. The van der Waals surface area contributed by atoms with Gasteiger partial charge in [0.2, 0.25) is 10.0 Å². The number of fused-ring (bicyclic) bond motifs is 1. The first-order chi connectivity index (χ1) is 15.7. The summed E-state index contributed by atoms with van der Waals surface area (Å²) in [5, 5.41) is 12.6. The van der Waals surface area contributed by atoms with Gasteiger partial charge in [0.05, 0.1) is 15.3 Å². The summed E-state index contributed by atoms with van der Waals surface area (Å²) in [6, 6.07) is 11.1. The minimum atomic E-state index is -3.88. The maximum Gasteiger partial charge on any atom is 0.289 e. The normalized spacial score (nSPS) is 15.2. The molecular formula is C21H21Cl2N5O4S. The van der Waals surface area contributed by atoms with Crippen LogP contribution in [-0.4, -0.2) is 62.5 Å². The van der Waals surface area contributed by atoms with Crippen LogP contribution in [-0.2, 0) is 10.0 Å². The molecule has 1 saturated heterocycles. The lowest BCUT2D eigenvalue weighted by atomic mass is 10.1. The molecule has 0 atom stereocenters. The molecule has 33 heavy (non-hydrogen) atoms. The smallest absolute Gasteiger partial charge is 0.289 e. The highest BCUT2D eigenvalue weighted by Crippen LogP contribution is 2.29. The molecule has 1 aliphatic rings. The predicted molar refractivity (Wildman–Crippen MR) is 129 cm³/mol. The van der Waals surface area contributed by atoms with Crippen LogP contribution in [0.3, 0.4) is 0 Å². The topological polar surface area (TPSA) is 109 Å². The van der Waals surface area contributed by atoms with Crippen LogP contribution < -0.4 is 9.62 Å². The third-order valence-corrected chi connectivity index (χ3v) is 7.55. The number of hydrogen-bond acceptors (Lipinski definition) is 7. The van der Waals surface area contributed by atoms with E-state index in [1.165, 1.54) is 12.1 Å². The highest BCUT2D eigenvalue weighted by atomic mass is 35.5. The van der Waals surface area contributed by atoms with Crippen molar-refractivity contribution >= 4 is 55.5 Å². The van der Waals surface area contributed by atoms with E-state index >= 15 is 0 Å². The number of nitro groups is 1. The van der Waals surface area contributed by atoms with E-state index in [0.717, 1.165) is 48.8 Å². The molecule has 0 bridgehead atoms. The van der Waals surface area contributed by atoms with E-state index in [9.17, 15) is 18.5 Å². The molecule has 9 nitrogen and oxygen atoms in total. The molecule has 0 amide bonds. The number of piperazine rings is 1. The fourth-order valence-corrected chi connectivity index (χ4v) is 5.21. The van der Waals surface area contributed by atoms with Gasteiger partial charge in [0.15, 0.2) is 0 Å². The molecule has 1 fully saturated rings. The van der Waals surface area contributed by atoms with Crippen molar-refractivity contribution in [2.45, 2.75) is 4.90 Å². The SMILES string of the molecule is O=[N+]([O-])c1cc(S(=O)(=O)NCCN2CCN(c3ccnc4cc(Cl)ccc34)CC2)ccc1Cl. The predicted octanol–water partition coefficient (Wildman–Crippen LogP) is 3.55. The Morgan fingerprint density at radius 1 is 1.06 bits per heavy atom. The Kier molecular flexibility index (Phi) is 7.01. The van der Waals surface area contributed by atoms with Gasteiger partial charge in [0.25, 0.3) is 5.69 Å². The minimum Gasteiger partial charge on any atom is -0.368 e. The zero-order valence-electron chi connectivity index (χ0n) is 17.4. The zero-order chi connectivity index (χ0) is 23.6. The molecule has 0 aliphatic carbocycles. The van der Waals surface area contributed by atoms with E-state index in [0.29, 0.717) is 11.6 Å². The van der Waals surface area contributed by atoms with E-state index in [1.807, 2.05) is 24.3 Å². The Hall–Kier alpha value is -2.50. The summed E-state index contributed by atoms with van der Waals surface area (Å²) in [4.78, 5) is 19.0. The van der Waals surface area contributed by atoms with Crippen LogP contribution in [0.2, 0.25) is 10.0 Å². The standard InChI is InChI=1S/C21H21Cl2N5O4S/c22-15-1-3-17-19(13-15)24-6-5-20(17)27-11-9-26(10-12-27)8-7-25-33(31,32)16-2-4-18(23)21(14-16)28(29)30/h1-6,13-14,25H,7-12H2. The molecular weight excluding hydrogens is 489 g/mol. The Morgan fingerprint density at radius 3 is 2.55 bits per heavy atom. The first kappa shape index (κ1) is 23.7. The van der Waals surface area contributed by atoms with Gasteiger partial charge in [-0.1, -0.05) is 23.2 Å². The Balaban J connectivity index is 1.33. The summed E-state index contributed by atoms with van der Waals surface area (Å²) in [5.74, 6) is 0. The van der Waals surface area contributed by atoms with Crippen molar-refractivity contribution in [2.24, 2.45) is 0 Å². The number of hydrogen-bond donors (Lipinski definition) is 1. The number of rotatable bonds is 7. The van der Waals surface area contributed by atoms with Crippen molar-refractivity contribution in [3.8, 4) is 0 Å². The summed E-state index contributed by atoms with van der Waals surface area (Å²) in [6.07, 6.45) is 1.77. The first-order valence-corrected chi connectivity index (χ1v) is 12.4. The third-order valence-electron chi connectivity index (χ3n) is 5.54. The van der Waals surface area contributed by atoms with E-state index < -0.39 is 20.6 Å². The quantitative estimate of drug-likeness (QED) is 0.383. The van der Waals surface area contributed by atoms with Crippen LogP contribution in [0.25, 0.3) is 10.9 Å². The molecule has 174 valence electrons. The molecule has 4 rings (SSSR count). The Bertz CT molecular complexity index is 1300. The molecule has 12 heteroatoms. The number of nitro benzene ring substituents is 1. The average Bonchev–Trinajstić information content (AvgIpc) is 2.79. The molecule has 2 aromatic carbocycles. The number of sulfonamides is 1. The largest absolute Gasteiger partial charge is 0.368 e. The van der Waals surface area contributed by atoms with E-state index in [1.54, 1.807) is 6.20 Å². The maximum atomic E-state index is 12.5. The van der Waals surface area contributed by atoms with Gasteiger partial charge in [-0.3, -0.25) is 20.0 Å². The van der Waals surface area contributed by atoms with Crippen LogP contribution in [0.15, 0.2) is 53.6 Å². The molecule has 0 unspecified atom stereocenters. The molecule has 1 N–H and O–H groups in total. The van der Waals surface area contributed by atoms with Crippen molar-refractivity contribution in [3.05, 3.63) is 68.8 Å². The molecule has 1 aliphatic heterocycles. The summed E-state index contributed by atoms with van der Waals surface area (Å²) in [5.41, 5.74) is 1.50. The number of pyridine rings is 1. The van der Waals surface area contributed by atoms with Crippen molar-refractivity contribution in [1.29, 1.82) is 0 Å². The number of nitrogens with one attached hydrogen (secondary N) is 1. The van der Waals surface area contributed by atoms with Gasteiger partial charge in [-0.05, 0) is 36.4 Å². The summed E-state index contributed by atoms with van der Waals surface area (Å²) in [7, 11) is -3.88. The van der Waals surface area contributed by atoms with E-state index in [4.69, 9.17) is 23.2 Å². The van der Waals surface area contributed by atoms with Crippen molar-refractivity contribution < 1.29 is 13.3 Å². The molecule has 0 spiro atoms. The van der Waals surface area contributed by atoms with E-state index in [2.05, 4.69) is 19.5 Å². The lowest BCUT2D eigenvalue weighted by Gasteiger charge is -2.36. The third kappa shape index (κ3) is 5.36. The number of halogens is 2. The number of aromatic nitrogens is 1. The fraction of sp³-hybridized carbons (Fsp3) is 0.286. The van der Waals surface area contributed by atoms with Gasteiger partial charge in [-0.15, -0.1) is 0 Å². The van der Waals surface area contributed by atoms with Crippen LogP contribution >= 0.6 is 23.2 Å². The van der Waals surface area contributed by atoms with Crippen LogP contribution in [0.1, 0.15) is 0 Å². The van der Waals surface area contributed by atoms with Gasteiger partial charge < -0.3 is 4.90 Å². The highest BCUT2D eigenvalue weighted by Gasteiger charge is 2.22. The molecule has 1 aromatic heterocycles. The summed E-state index contributed by atoms with van der Waals surface area (Å²) >= 11 is 11.8. The second kappa shape index (κ2) is 9.78. The molecule has 3 aromatic rings.